The van der Waals surface area contributed by atoms with E-state index in [1.165, 1.54) is 0 Å². The van der Waals surface area contributed by atoms with Crippen LogP contribution in [0, 0.1) is 5.92 Å². The molecule has 0 radical (unpaired) electrons. The van der Waals surface area contributed by atoms with Gasteiger partial charge in [-0.1, -0.05) is 38.1 Å². The van der Waals surface area contributed by atoms with Crippen LogP contribution in [0.4, 0.5) is 0 Å². The van der Waals surface area contributed by atoms with Crippen molar-refractivity contribution in [1.29, 1.82) is 0 Å². The average Bonchev–Trinajstić information content (AvgIpc) is 2.95. The fraction of sp³-hybridized carbons (Fsp3) is 0.400. The summed E-state index contributed by atoms with van der Waals surface area (Å²) in [6.07, 6.45) is 3.08. The minimum atomic E-state index is -0.110. The van der Waals surface area contributed by atoms with Crippen LogP contribution in [0.5, 0.6) is 5.75 Å². The molecule has 7 nitrogen and oxygen atoms in total. The molecule has 7 heteroatoms. The van der Waals surface area contributed by atoms with Gasteiger partial charge >= 0.3 is 5.69 Å². The zero-order valence-corrected chi connectivity index (χ0v) is 18.6. The number of aryl methyl sites for hydroxylation is 2. The van der Waals surface area contributed by atoms with E-state index >= 15 is 0 Å². The van der Waals surface area contributed by atoms with E-state index in [0.717, 1.165) is 29.8 Å². The van der Waals surface area contributed by atoms with E-state index in [4.69, 9.17) is 0 Å². The fourth-order valence-electron chi connectivity index (χ4n) is 4.04. The molecular formula is C25H30N4O3. The van der Waals surface area contributed by atoms with Crippen LogP contribution in [-0.2, 0) is 19.5 Å². The number of fused-ring (bicyclic) bond motifs is 1. The molecule has 168 valence electrons. The SMILES string of the molecule is CC(C)CCn1nc2n(c1=O)CCC(NC(=O)c1ccc(-c3ccc(O)cc3)cc1)CC2. The van der Waals surface area contributed by atoms with Crippen molar-refractivity contribution < 1.29 is 9.90 Å². The van der Waals surface area contributed by atoms with Gasteiger partial charge in [-0.25, -0.2) is 9.48 Å². The Labute approximate surface area is 187 Å². The van der Waals surface area contributed by atoms with Gasteiger partial charge in [-0.3, -0.25) is 9.36 Å². The maximum Gasteiger partial charge on any atom is 0.345 e. The van der Waals surface area contributed by atoms with Crippen LogP contribution in [0.1, 0.15) is 49.3 Å². The summed E-state index contributed by atoms with van der Waals surface area (Å²) in [4.78, 5) is 25.4. The first kappa shape index (κ1) is 21.9. The van der Waals surface area contributed by atoms with E-state index in [1.54, 1.807) is 21.4 Å². The van der Waals surface area contributed by atoms with Crippen molar-refractivity contribution in [3.63, 3.8) is 0 Å². The van der Waals surface area contributed by atoms with E-state index in [9.17, 15) is 14.7 Å². The highest BCUT2D eigenvalue weighted by atomic mass is 16.3. The highest BCUT2D eigenvalue weighted by Gasteiger charge is 2.22. The normalized spacial score (nSPS) is 15.9. The van der Waals surface area contributed by atoms with Crippen molar-refractivity contribution in [3.8, 4) is 16.9 Å². The molecule has 1 aliphatic heterocycles. The molecule has 3 aromatic rings. The second-order valence-corrected chi connectivity index (χ2v) is 8.88. The minimum absolute atomic E-state index is 0.00416. The highest BCUT2D eigenvalue weighted by molar-refractivity contribution is 5.94. The maximum absolute atomic E-state index is 12.8. The Morgan fingerprint density at radius 3 is 2.41 bits per heavy atom. The van der Waals surface area contributed by atoms with Gasteiger partial charge in [0.1, 0.15) is 11.6 Å². The highest BCUT2D eigenvalue weighted by Crippen LogP contribution is 2.22. The number of carbonyl (C=O) groups excluding carboxylic acids is 1. The van der Waals surface area contributed by atoms with Crippen LogP contribution >= 0.6 is 0 Å². The Morgan fingerprint density at radius 2 is 1.75 bits per heavy atom. The zero-order valence-electron chi connectivity index (χ0n) is 18.6. The third-order valence-corrected chi connectivity index (χ3v) is 6.02. The second kappa shape index (κ2) is 9.42. The van der Waals surface area contributed by atoms with Crippen LogP contribution < -0.4 is 11.0 Å². The summed E-state index contributed by atoms with van der Waals surface area (Å²) in [6, 6.07) is 14.4. The third kappa shape index (κ3) is 4.93. The van der Waals surface area contributed by atoms with Gasteiger partial charge < -0.3 is 10.4 Å². The number of amides is 1. The fourth-order valence-corrected chi connectivity index (χ4v) is 4.04. The number of carbonyl (C=O) groups is 1. The molecule has 0 aliphatic carbocycles. The molecule has 1 atom stereocenters. The Morgan fingerprint density at radius 1 is 1.09 bits per heavy atom. The lowest BCUT2D eigenvalue weighted by Crippen LogP contribution is -2.35. The Kier molecular flexibility index (Phi) is 6.44. The Hall–Kier alpha value is -3.35. The molecule has 0 bridgehead atoms. The van der Waals surface area contributed by atoms with Crippen molar-refractivity contribution in [1.82, 2.24) is 19.7 Å². The first-order valence-corrected chi connectivity index (χ1v) is 11.3. The number of hydrogen-bond acceptors (Lipinski definition) is 4. The molecule has 2 N–H and O–H groups in total. The number of phenols is 1. The third-order valence-electron chi connectivity index (χ3n) is 6.02. The van der Waals surface area contributed by atoms with E-state index in [0.29, 0.717) is 37.4 Å². The molecule has 0 fully saturated rings. The number of rotatable bonds is 6. The quantitative estimate of drug-likeness (QED) is 0.620. The summed E-state index contributed by atoms with van der Waals surface area (Å²) in [5, 5.41) is 17.1. The molecule has 0 saturated heterocycles. The van der Waals surface area contributed by atoms with Gasteiger partial charge in [0.15, 0.2) is 0 Å². The van der Waals surface area contributed by atoms with Crippen molar-refractivity contribution >= 4 is 5.91 Å². The summed E-state index contributed by atoms with van der Waals surface area (Å²) >= 11 is 0. The first-order valence-electron chi connectivity index (χ1n) is 11.3. The molecular weight excluding hydrogens is 404 g/mol. The van der Waals surface area contributed by atoms with E-state index in [1.807, 2.05) is 36.4 Å². The van der Waals surface area contributed by atoms with Gasteiger partial charge in [-0.05, 0) is 60.6 Å². The molecule has 1 amide bonds. The van der Waals surface area contributed by atoms with Crippen molar-refractivity contribution in [2.75, 3.05) is 0 Å². The second-order valence-electron chi connectivity index (χ2n) is 8.88. The number of aromatic hydroxyl groups is 1. The lowest BCUT2D eigenvalue weighted by molar-refractivity contribution is 0.0933. The maximum atomic E-state index is 12.8. The molecule has 1 unspecified atom stereocenters. The molecule has 2 aromatic carbocycles. The topological polar surface area (TPSA) is 89.2 Å². The van der Waals surface area contributed by atoms with Crippen LogP contribution in [0.2, 0.25) is 0 Å². The van der Waals surface area contributed by atoms with Gasteiger partial charge in [0.25, 0.3) is 5.91 Å². The van der Waals surface area contributed by atoms with Gasteiger partial charge in [0.05, 0.1) is 0 Å². The van der Waals surface area contributed by atoms with E-state index < -0.39 is 0 Å². The van der Waals surface area contributed by atoms with Crippen molar-refractivity contribution in [2.45, 2.75) is 58.7 Å². The van der Waals surface area contributed by atoms with Crippen LogP contribution in [0.25, 0.3) is 11.1 Å². The monoisotopic (exact) mass is 434 g/mol. The number of benzene rings is 2. The average molecular weight is 435 g/mol. The summed E-state index contributed by atoms with van der Waals surface area (Å²) in [6.45, 7) is 5.50. The standard InChI is InChI=1S/C25H30N4O3/c1-17(2)13-16-29-25(32)28-15-14-21(9-12-23(28)27-29)26-24(31)20-5-3-18(4-6-20)19-7-10-22(30)11-8-19/h3-8,10-11,17,21,30H,9,12-16H2,1-2H3,(H,26,31). The Bertz CT molecular complexity index is 1130. The van der Waals surface area contributed by atoms with Crippen molar-refractivity contribution in [3.05, 3.63) is 70.4 Å². The molecule has 1 aromatic heterocycles. The molecule has 0 spiro atoms. The van der Waals surface area contributed by atoms with Gasteiger partial charge in [0.2, 0.25) is 0 Å². The lowest BCUT2D eigenvalue weighted by atomic mass is 10.0. The predicted molar refractivity (Wildman–Crippen MR) is 124 cm³/mol. The first-order chi connectivity index (χ1) is 15.4. The van der Waals surface area contributed by atoms with Gasteiger partial charge in [0, 0.05) is 31.1 Å². The number of aromatic nitrogens is 3. The number of hydrogen-bond donors (Lipinski definition) is 2. The van der Waals surface area contributed by atoms with Gasteiger partial charge in [-0.15, -0.1) is 0 Å². The largest absolute Gasteiger partial charge is 0.508 e. The smallest absolute Gasteiger partial charge is 0.345 e. The van der Waals surface area contributed by atoms with Crippen molar-refractivity contribution in [2.24, 2.45) is 5.92 Å². The predicted octanol–water partition coefficient (Wildman–Crippen LogP) is 3.60. The number of nitrogens with one attached hydrogen (secondary N) is 1. The van der Waals surface area contributed by atoms with Crippen LogP contribution in [0.3, 0.4) is 0 Å². The molecule has 32 heavy (non-hydrogen) atoms. The minimum Gasteiger partial charge on any atom is -0.508 e. The summed E-state index contributed by atoms with van der Waals surface area (Å²) in [5.74, 6) is 1.46. The summed E-state index contributed by atoms with van der Waals surface area (Å²) in [5.41, 5.74) is 2.52. The Balaban J connectivity index is 1.37. The summed E-state index contributed by atoms with van der Waals surface area (Å²) in [7, 11) is 0. The van der Waals surface area contributed by atoms with E-state index in [-0.39, 0.29) is 23.4 Å². The van der Waals surface area contributed by atoms with Gasteiger partial charge in [-0.2, -0.15) is 5.10 Å². The molecule has 0 saturated carbocycles. The van der Waals surface area contributed by atoms with Crippen LogP contribution in [0.15, 0.2) is 53.3 Å². The molecule has 1 aliphatic rings. The molecule has 4 rings (SSSR count). The number of nitrogens with zero attached hydrogens (tertiary/aromatic N) is 3. The van der Waals surface area contributed by atoms with Crippen LogP contribution in [-0.4, -0.2) is 31.4 Å². The lowest BCUT2D eigenvalue weighted by Gasteiger charge is -2.16. The zero-order chi connectivity index (χ0) is 22.7. The number of phenolic OH excluding ortho intramolecular Hbond substituents is 1. The summed E-state index contributed by atoms with van der Waals surface area (Å²) < 4.78 is 3.35. The molecule has 2 heterocycles. The van der Waals surface area contributed by atoms with E-state index in [2.05, 4.69) is 24.3 Å².